The number of nitrogens with zero attached hydrogens (tertiary/aromatic N) is 9. The first-order valence-corrected chi connectivity index (χ1v) is 39.8. The Labute approximate surface area is 671 Å². The Bertz CT molecular complexity index is 5620. The Morgan fingerprint density at radius 3 is 1.35 bits per heavy atom. The van der Waals surface area contributed by atoms with Gasteiger partial charge in [-0.2, -0.15) is 0 Å². The molecule has 24 heteroatoms. The van der Waals surface area contributed by atoms with Gasteiger partial charge in [0.05, 0.1) is 50.7 Å². The number of anilines is 6. The monoisotopic (exact) mass is 1570 g/mol. The first-order chi connectivity index (χ1) is 55.2. The van der Waals surface area contributed by atoms with Crippen molar-refractivity contribution in [2.45, 2.75) is 123 Å². The zero-order chi connectivity index (χ0) is 78.7. The lowest BCUT2D eigenvalue weighted by Gasteiger charge is -2.33. The predicted octanol–water partition coefficient (Wildman–Crippen LogP) is 17.6. The molecule has 3 fully saturated rings. The maximum Gasteiger partial charge on any atom is 0.268 e. The van der Waals surface area contributed by atoms with Gasteiger partial charge in [0.15, 0.2) is 30.3 Å². The van der Waals surface area contributed by atoms with Crippen molar-refractivity contribution in [3.8, 4) is 50.6 Å². The van der Waals surface area contributed by atoms with Crippen LogP contribution in [0.15, 0.2) is 176 Å². The third-order valence-electron chi connectivity index (χ3n) is 22.0. The van der Waals surface area contributed by atoms with Crippen LogP contribution in [0.1, 0.15) is 91.7 Å². The van der Waals surface area contributed by atoms with Crippen molar-refractivity contribution in [3.05, 3.63) is 231 Å². The molecule has 582 valence electrons. The number of aryl methyl sites for hydroxylation is 4. The molecule has 6 N–H and O–H groups in total. The summed E-state index contributed by atoms with van der Waals surface area (Å²) >= 11 is 12.0. The lowest BCUT2D eigenvalue weighted by Crippen LogP contribution is -2.45. The van der Waals surface area contributed by atoms with Crippen LogP contribution >= 0.6 is 23.2 Å². The SMILES string of the molecule is Cc1ccc(CN2CCC(Nc3nc(C)c4cc(-c5cc(F)cc6c5OC(C)(C)C(=O)N6)ccc4n3)CC2)cc1.Cc1nc(NC2CCN(Cc3ccc(Cl)cc3)CC2)nc2ccc(-c3cccc4c3NC(=O)CO4)cc12.Cc1nc(NC2CCN(Cc3ccc(Cl)cc3)CC2)nc2ccc(-c3cccc4c3OCC(=O)N4)cc12. The molecule has 0 saturated carbocycles. The number of piperidine rings is 3. The average Bonchev–Trinajstić information content (AvgIpc) is 0.765. The Balaban J connectivity index is 0.000000129. The molecule has 0 atom stereocenters. The van der Waals surface area contributed by atoms with E-state index in [0.717, 1.165) is 185 Å². The van der Waals surface area contributed by atoms with Crippen LogP contribution in [-0.2, 0) is 34.0 Å². The molecule has 0 spiro atoms. The topological polar surface area (TPSA) is 238 Å². The highest BCUT2D eigenvalue weighted by atomic mass is 35.5. The maximum absolute atomic E-state index is 14.5. The van der Waals surface area contributed by atoms with Gasteiger partial charge in [0, 0.05) is 126 Å². The van der Waals surface area contributed by atoms with Gasteiger partial charge >= 0.3 is 0 Å². The summed E-state index contributed by atoms with van der Waals surface area (Å²) in [5.41, 5.74) is 16.3. The van der Waals surface area contributed by atoms with E-state index in [9.17, 15) is 18.8 Å². The molecule has 21 nitrogen and oxygen atoms in total. The quantitative estimate of drug-likeness (QED) is 0.0559. The second-order valence-electron chi connectivity index (χ2n) is 30.8. The van der Waals surface area contributed by atoms with Crippen LogP contribution < -0.4 is 46.1 Å². The maximum atomic E-state index is 14.5. The summed E-state index contributed by atoms with van der Waals surface area (Å²) in [7, 11) is 0. The third-order valence-corrected chi connectivity index (χ3v) is 22.5. The number of aromatic nitrogens is 6. The van der Waals surface area contributed by atoms with Crippen LogP contribution in [0, 0.1) is 33.5 Å². The molecule has 0 unspecified atom stereocenters. The lowest BCUT2D eigenvalue weighted by atomic mass is 9.98. The van der Waals surface area contributed by atoms with Crippen molar-refractivity contribution in [2.75, 3.05) is 84.4 Å². The van der Waals surface area contributed by atoms with Gasteiger partial charge in [0.25, 0.3) is 17.7 Å². The van der Waals surface area contributed by atoms with Crippen molar-refractivity contribution in [1.82, 2.24) is 44.6 Å². The number of fused-ring (bicyclic) bond motifs is 6. The van der Waals surface area contributed by atoms with E-state index < -0.39 is 11.4 Å². The van der Waals surface area contributed by atoms with Crippen LogP contribution in [-0.4, -0.2) is 139 Å². The number of ether oxygens (including phenoxy) is 3. The van der Waals surface area contributed by atoms with Gasteiger partial charge in [0.1, 0.15) is 11.6 Å². The molecule has 6 aliphatic heterocycles. The van der Waals surface area contributed by atoms with Crippen LogP contribution in [0.25, 0.3) is 66.1 Å². The van der Waals surface area contributed by atoms with Crippen molar-refractivity contribution >= 4 is 109 Å². The van der Waals surface area contributed by atoms with Crippen LogP contribution in [0.5, 0.6) is 17.2 Å². The van der Waals surface area contributed by atoms with Crippen LogP contribution in [0.2, 0.25) is 10.0 Å². The summed E-state index contributed by atoms with van der Waals surface area (Å²) in [5.74, 6) is 2.77. The fourth-order valence-corrected chi connectivity index (χ4v) is 16.0. The van der Waals surface area contributed by atoms with Gasteiger partial charge in [-0.05, 0) is 192 Å². The van der Waals surface area contributed by atoms with Crippen LogP contribution in [0.3, 0.4) is 0 Å². The molecule has 0 aliphatic carbocycles. The number of halogens is 3. The summed E-state index contributed by atoms with van der Waals surface area (Å²) in [6, 6.07) is 58.4. The molecule has 9 heterocycles. The summed E-state index contributed by atoms with van der Waals surface area (Å²) in [5, 5.41) is 23.7. The van der Waals surface area contributed by atoms with E-state index in [1.54, 1.807) is 13.8 Å². The number of para-hydroxylation sites is 2. The van der Waals surface area contributed by atoms with E-state index in [1.807, 2.05) is 124 Å². The molecule has 0 bridgehead atoms. The van der Waals surface area contributed by atoms with E-state index in [-0.39, 0.29) is 30.9 Å². The summed E-state index contributed by atoms with van der Waals surface area (Å²) in [6.45, 7) is 20.6. The zero-order valence-corrected chi connectivity index (χ0v) is 66.1. The first kappa shape index (κ1) is 76.6. The highest BCUT2D eigenvalue weighted by molar-refractivity contribution is 6.30. The van der Waals surface area contributed by atoms with Gasteiger partial charge < -0.3 is 46.1 Å². The molecule has 0 radical (unpaired) electrons. The number of benzene rings is 9. The number of hydrogen-bond acceptors (Lipinski definition) is 18. The Morgan fingerprint density at radius 2 is 0.868 bits per heavy atom. The second kappa shape index (κ2) is 33.3. The molecular weight excluding hydrogens is 1480 g/mol. The Morgan fingerprint density at radius 1 is 0.447 bits per heavy atom. The van der Waals surface area contributed by atoms with E-state index in [1.165, 1.54) is 34.4 Å². The normalized spacial score (nSPS) is 16.6. The molecule has 114 heavy (non-hydrogen) atoms. The van der Waals surface area contributed by atoms with Gasteiger partial charge in [-0.25, -0.2) is 34.3 Å². The van der Waals surface area contributed by atoms with E-state index in [2.05, 4.69) is 114 Å². The van der Waals surface area contributed by atoms with E-state index in [0.29, 0.717) is 75.8 Å². The number of nitrogens with one attached hydrogen (secondary N) is 6. The number of hydrogen-bond donors (Lipinski definition) is 6. The number of amides is 3. The summed E-state index contributed by atoms with van der Waals surface area (Å²) in [4.78, 5) is 72.2. The third kappa shape index (κ3) is 17.8. The minimum absolute atomic E-state index is 0.0226. The first-order valence-electron chi connectivity index (χ1n) is 39.0. The molecule has 3 aromatic heterocycles. The van der Waals surface area contributed by atoms with Crippen molar-refractivity contribution in [1.29, 1.82) is 0 Å². The van der Waals surface area contributed by atoms with Gasteiger partial charge in [-0.1, -0.05) is 120 Å². The highest BCUT2D eigenvalue weighted by Crippen LogP contribution is 2.45. The van der Waals surface area contributed by atoms with Crippen molar-refractivity contribution < 1.29 is 33.0 Å². The highest BCUT2D eigenvalue weighted by Gasteiger charge is 2.38. The van der Waals surface area contributed by atoms with Gasteiger partial charge in [0.2, 0.25) is 17.8 Å². The molecule has 6 aliphatic rings. The van der Waals surface area contributed by atoms with Gasteiger partial charge in [-0.15, -0.1) is 0 Å². The van der Waals surface area contributed by atoms with Crippen LogP contribution in [0.4, 0.5) is 39.3 Å². The largest absolute Gasteiger partial charge is 0.482 e. The van der Waals surface area contributed by atoms with E-state index >= 15 is 0 Å². The molecule has 12 aromatic rings. The fraction of sp³-hybridized carbons (Fsp3) is 0.300. The second-order valence-corrected chi connectivity index (χ2v) is 31.7. The fourth-order valence-electron chi connectivity index (χ4n) is 15.7. The molecular formula is C90H90Cl2FN15O6. The minimum Gasteiger partial charge on any atom is -0.482 e. The number of carbonyl (C=O) groups excluding carboxylic acids is 3. The van der Waals surface area contributed by atoms with E-state index in [4.69, 9.17) is 67.3 Å². The number of carbonyl (C=O) groups is 3. The minimum atomic E-state index is -1.06. The summed E-state index contributed by atoms with van der Waals surface area (Å²) in [6.07, 6.45) is 6.23. The summed E-state index contributed by atoms with van der Waals surface area (Å²) < 4.78 is 31.9. The van der Waals surface area contributed by atoms with Gasteiger partial charge in [-0.3, -0.25) is 29.1 Å². The average molecular weight is 1570 g/mol. The predicted molar refractivity (Wildman–Crippen MR) is 451 cm³/mol. The lowest BCUT2D eigenvalue weighted by molar-refractivity contribution is -0.129. The Hall–Kier alpha value is -11.4. The van der Waals surface area contributed by atoms with Crippen molar-refractivity contribution in [3.63, 3.8) is 0 Å². The zero-order valence-electron chi connectivity index (χ0n) is 64.6. The molecule has 3 amide bonds. The smallest absolute Gasteiger partial charge is 0.268 e. The molecule has 9 aromatic carbocycles. The number of rotatable bonds is 15. The molecule has 18 rings (SSSR count). The molecule has 3 saturated heterocycles. The van der Waals surface area contributed by atoms with Crippen molar-refractivity contribution in [2.24, 2.45) is 0 Å². The number of likely N-dealkylation sites (tertiary alicyclic amines) is 3. The standard InChI is InChI=1S/C32H34FN5O2.2C29H28ClN5O2/c1-19-5-7-21(8-6-19)18-38-13-11-24(12-14-38)35-31-34-20(2)25-15-22(9-10-27(25)37-31)26-16-23(33)17-28-29(26)40-32(3,4)30(39)36-28;1-18-24-15-20(23-3-2-4-26-28(23)37-17-27(36)33-26)7-10-25(24)34-29(31-18)32-22-11-13-35(14-12-22)16-19-5-8-21(30)9-6-19;1-18-24-15-20(23-3-2-4-26-28(23)34-27(36)17-37-26)7-10-25(24)33-29(31-18)32-22-11-13-35(14-12-22)16-19-5-8-21(30)9-6-19/h5-10,15-17,24H,11-14,18H2,1-4H3,(H,36,39)(H,34,35,37);2-10,15,22H,11-14,16-17H2,1H3,(H,33,36)(H,31,32,34);2-10,15,22H,11-14,16-17H2,1H3,(H,34,36)(H,31,32,33). The Kier molecular flexibility index (Phi) is 22.4.